The lowest BCUT2D eigenvalue weighted by Gasteiger charge is -2.29. The molecule has 112 valence electrons. The Labute approximate surface area is 125 Å². The van der Waals surface area contributed by atoms with Crippen molar-refractivity contribution >= 4 is 34.7 Å². The molecule has 1 unspecified atom stereocenters. The SMILES string of the molecule is CN1C(=O)CCC(Nc2ccc(C(N)=S)c(F)c2F)C1=O. The van der Waals surface area contributed by atoms with E-state index in [2.05, 4.69) is 17.5 Å². The summed E-state index contributed by atoms with van der Waals surface area (Å²) in [7, 11) is 1.35. The minimum atomic E-state index is -1.17. The van der Waals surface area contributed by atoms with Crippen molar-refractivity contribution in [1.82, 2.24) is 4.90 Å². The van der Waals surface area contributed by atoms with Crippen LogP contribution in [0, 0.1) is 11.6 Å². The van der Waals surface area contributed by atoms with Crippen molar-refractivity contribution in [3.63, 3.8) is 0 Å². The number of nitrogens with one attached hydrogen (secondary N) is 1. The summed E-state index contributed by atoms with van der Waals surface area (Å²) in [4.78, 5) is 24.0. The van der Waals surface area contributed by atoms with Crippen molar-refractivity contribution < 1.29 is 18.4 Å². The highest BCUT2D eigenvalue weighted by molar-refractivity contribution is 7.80. The fourth-order valence-electron chi connectivity index (χ4n) is 2.09. The summed E-state index contributed by atoms with van der Waals surface area (Å²) in [6.07, 6.45) is 0.384. The Morgan fingerprint density at radius 1 is 1.38 bits per heavy atom. The molecule has 1 saturated heterocycles. The molecule has 8 heteroatoms. The number of likely N-dealkylation sites (tertiary alicyclic amines) is 1. The summed E-state index contributed by atoms with van der Waals surface area (Å²) in [6.45, 7) is 0. The zero-order chi connectivity index (χ0) is 15.7. The first-order valence-corrected chi connectivity index (χ1v) is 6.58. The summed E-state index contributed by atoms with van der Waals surface area (Å²) in [5.41, 5.74) is 4.91. The lowest BCUT2D eigenvalue weighted by Crippen LogP contribution is -2.48. The minimum Gasteiger partial charge on any atom is -0.389 e. The smallest absolute Gasteiger partial charge is 0.251 e. The molecule has 1 fully saturated rings. The average molecular weight is 313 g/mol. The van der Waals surface area contributed by atoms with E-state index in [1.54, 1.807) is 0 Å². The highest BCUT2D eigenvalue weighted by Gasteiger charge is 2.32. The number of piperidine rings is 1. The van der Waals surface area contributed by atoms with Gasteiger partial charge in [-0.05, 0) is 18.6 Å². The molecule has 0 saturated carbocycles. The summed E-state index contributed by atoms with van der Waals surface area (Å²) in [5, 5.41) is 2.61. The van der Waals surface area contributed by atoms with Gasteiger partial charge in [-0.1, -0.05) is 12.2 Å². The number of halogens is 2. The van der Waals surface area contributed by atoms with Crippen LogP contribution < -0.4 is 11.1 Å². The van der Waals surface area contributed by atoms with Crippen LogP contribution in [0.2, 0.25) is 0 Å². The Hall–Kier alpha value is -2.09. The molecule has 0 radical (unpaired) electrons. The standard InChI is InChI=1S/C13H13F2N3O2S/c1-18-9(19)5-4-8(13(18)20)17-7-3-2-6(12(16)21)10(14)11(7)15/h2-3,8,17H,4-5H2,1H3,(H2,16,21). The number of thiocarbonyl (C=S) groups is 1. The largest absolute Gasteiger partial charge is 0.389 e. The van der Waals surface area contributed by atoms with Gasteiger partial charge in [-0.15, -0.1) is 0 Å². The molecule has 0 bridgehead atoms. The van der Waals surface area contributed by atoms with Crippen molar-refractivity contribution in [3.8, 4) is 0 Å². The summed E-state index contributed by atoms with van der Waals surface area (Å²) in [6, 6.07) is 1.72. The predicted molar refractivity (Wildman–Crippen MR) is 76.7 cm³/mol. The molecule has 1 aliphatic rings. The molecule has 1 aromatic rings. The van der Waals surface area contributed by atoms with Crippen molar-refractivity contribution in [1.29, 1.82) is 0 Å². The number of carbonyl (C=O) groups is 2. The van der Waals surface area contributed by atoms with Gasteiger partial charge in [0, 0.05) is 19.0 Å². The Morgan fingerprint density at radius 2 is 2.05 bits per heavy atom. The van der Waals surface area contributed by atoms with Crippen molar-refractivity contribution in [2.75, 3.05) is 12.4 Å². The second-order valence-corrected chi connectivity index (χ2v) is 5.12. The molecule has 2 amide bonds. The van der Waals surface area contributed by atoms with E-state index in [9.17, 15) is 18.4 Å². The molecule has 2 rings (SSSR count). The first-order chi connectivity index (χ1) is 9.82. The first kappa shape index (κ1) is 15.3. The Balaban J connectivity index is 2.25. The Bertz CT molecular complexity index is 636. The number of anilines is 1. The van der Waals surface area contributed by atoms with Gasteiger partial charge in [0.05, 0.1) is 5.69 Å². The van der Waals surface area contributed by atoms with Gasteiger partial charge < -0.3 is 11.1 Å². The first-order valence-electron chi connectivity index (χ1n) is 6.17. The Kier molecular flexibility index (Phi) is 4.17. The summed E-state index contributed by atoms with van der Waals surface area (Å²) >= 11 is 4.61. The molecule has 1 aliphatic heterocycles. The molecule has 5 nitrogen and oxygen atoms in total. The van der Waals surface area contributed by atoms with Crippen molar-refractivity contribution in [2.24, 2.45) is 5.73 Å². The van der Waals surface area contributed by atoms with E-state index in [1.165, 1.54) is 19.2 Å². The maximum Gasteiger partial charge on any atom is 0.251 e. The third-order valence-corrected chi connectivity index (χ3v) is 3.55. The number of carbonyl (C=O) groups excluding carboxylic acids is 2. The van der Waals surface area contributed by atoms with Crippen LogP contribution >= 0.6 is 12.2 Å². The topological polar surface area (TPSA) is 75.4 Å². The van der Waals surface area contributed by atoms with E-state index in [0.717, 1.165) is 4.90 Å². The quantitative estimate of drug-likeness (QED) is 0.647. The zero-order valence-electron chi connectivity index (χ0n) is 11.2. The van der Waals surface area contributed by atoms with Crippen molar-refractivity contribution in [2.45, 2.75) is 18.9 Å². The number of amides is 2. The van der Waals surface area contributed by atoms with E-state index in [1.807, 2.05) is 0 Å². The molecule has 0 spiro atoms. The zero-order valence-corrected chi connectivity index (χ0v) is 12.0. The molecule has 1 atom stereocenters. The van der Waals surface area contributed by atoms with Gasteiger partial charge in [-0.2, -0.15) is 0 Å². The van der Waals surface area contributed by atoms with E-state index in [4.69, 9.17) is 5.73 Å². The second-order valence-electron chi connectivity index (χ2n) is 4.68. The number of hydrogen-bond acceptors (Lipinski definition) is 4. The third kappa shape index (κ3) is 2.85. The summed E-state index contributed by atoms with van der Waals surface area (Å²) < 4.78 is 27.7. The van der Waals surface area contributed by atoms with Gasteiger partial charge in [-0.25, -0.2) is 8.78 Å². The number of hydrogen-bond donors (Lipinski definition) is 2. The average Bonchev–Trinajstić information content (AvgIpc) is 2.44. The number of rotatable bonds is 3. The Morgan fingerprint density at radius 3 is 2.67 bits per heavy atom. The van der Waals surface area contributed by atoms with Gasteiger partial charge >= 0.3 is 0 Å². The van der Waals surface area contributed by atoms with E-state index in [0.29, 0.717) is 0 Å². The fraction of sp³-hybridized carbons (Fsp3) is 0.308. The van der Waals surface area contributed by atoms with Crippen molar-refractivity contribution in [3.05, 3.63) is 29.3 Å². The second kappa shape index (κ2) is 5.72. The van der Waals surface area contributed by atoms with Crippen LogP contribution in [0.1, 0.15) is 18.4 Å². The van der Waals surface area contributed by atoms with Crippen LogP contribution in [0.4, 0.5) is 14.5 Å². The van der Waals surface area contributed by atoms with Gasteiger partial charge in [-0.3, -0.25) is 14.5 Å². The van der Waals surface area contributed by atoms with Crippen LogP contribution in [0.25, 0.3) is 0 Å². The highest BCUT2D eigenvalue weighted by Crippen LogP contribution is 2.23. The van der Waals surface area contributed by atoms with Crippen LogP contribution in [0.5, 0.6) is 0 Å². The molecular formula is C13H13F2N3O2S. The molecule has 1 aromatic carbocycles. The third-order valence-electron chi connectivity index (χ3n) is 3.33. The lowest BCUT2D eigenvalue weighted by atomic mass is 10.0. The monoisotopic (exact) mass is 313 g/mol. The number of imide groups is 1. The molecule has 21 heavy (non-hydrogen) atoms. The fourth-order valence-corrected chi connectivity index (χ4v) is 2.25. The van der Waals surface area contributed by atoms with Crippen LogP contribution in [0.15, 0.2) is 12.1 Å². The minimum absolute atomic E-state index is 0.162. The normalized spacial score (nSPS) is 18.8. The van der Waals surface area contributed by atoms with Crippen LogP contribution in [-0.4, -0.2) is 34.8 Å². The van der Waals surface area contributed by atoms with Crippen LogP contribution in [-0.2, 0) is 9.59 Å². The lowest BCUT2D eigenvalue weighted by molar-refractivity contribution is -0.146. The highest BCUT2D eigenvalue weighted by atomic mass is 32.1. The molecule has 0 aromatic heterocycles. The number of nitrogens with two attached hydrogens (primary N) is 1. The number of benzene rings is 1. The predicted octanol–water partition coefficient (Wildman–Crippen LogP) is 1.16. The van der Waals surface area contributed by atoms with E-state index < -0.39 is 23.6 Å². The maximum atomic E-state index is 13.9. The summed E-state index contributed by atoms with van der Waals surface area (Å²) in [5.74, 6) is -3.11. The van der Waals surface area contributed by atoms with Gasteiger partial charge in [0.1, 0.15) is 11.0 Å². The van der Waals surface area contributed by atoms with Crippen LogP contribution in [0.3, 0.4) is 0 Å². The molecule has 3 N–H and O–H groups in total. The van der Waals surface area contributed by atoms with Gasteiger partial charge in [0.25, 0.3) is 5.91 Å². The van der Waals surface area contributed by atoms with Gasteiger partial charge in [0.2, 0.25) is 5.91 Å². The molecule has 0 aliphatic carbocycles. The van der Waals surface area contributed by atoms with E-state index in [-0.39, 0.29) is 35.0 Å². The number of likely N-dealkylation sites (N-methyl/N-ethyl adjacent to an activating group) is 1. The molecular weight excluding hydrogens is 300 g/mol. The van der Waals surface area contributed by atoms with E-state index >= 15 is 0 Å². The van der Waals surface area contributed by atoms with Gasteiger partial charge in [0.15, 0.2) is 11.6 Å². The number of nitrogens with zero attached hydrogens (tertiary/aromatic N) is 1. The molecule has 1 heterocycles. The maximum absolute atomic E-state index is 13.9.